The molecular weight excluding hydrogens is 279 g/mol. The van der Waals surface area contributed by atoms with E-state index >= 15 is 0 Å². The fourth-order valence-corrected chi connectivity index (χ4v) is 2.32. The van der Waals surface area contributed by atoms with E-state index < -0.39 is 5.82 Å². The third kappa shape index (κ3) is 1.94. The molecule has 0 atom stereocenters. The van der Waals surface area contributed by atoms with Gasteiger partial charge in [-0.25, -0.2) is 4.39 Å². The number of nitrogens with zero attached hydrogens (tertiary/aromatic N) is 1. The first-order valence-electron chi connectivity index (χ1n) is 5.89. The van der Waals surface area contributed by atoms with Crippen LogP contribution in [0.5, 0.6) is 5.75 Å². The van der Waals surface area contributed by atoms with Crippen molar-refractivity contribution in [2.75, 3.05) is 5.73 Å². The van der Waals surface area contributed by atoms with Crippen LogP contribution < -0.4 is 5.73 Å². The minimum absolute atomic E-state index is 0.0855. The number of anilines is 1. The van der Waals surface area contributed by atoms with Gasteiger partial charge in [0, 0.05) is 34.5 Å². The number of hydrogen-bond donors (Lipinski definition) is 2. The summed E-state index contributed by atoms with van der Waals surface area (Å²) < 4.78 is 14.1. The molecule has 0 aliphatic carbocycles. The van der Waals surface area contributed by atoms with Crippen LogP contribution in [0.2, 0.25) is 5.02 Å². The van der Waals surface area contributed by atoms with E-state index in [0.29, 0.717) is 16.8 Å². The van der Waals surface area contributed by atoms with E-state index in [4.69, 9.17) is 17.3 Å². The second-order valence-electron chi connectivity index (χ2n) is 4.39. The van der Waals surface area contributed by atoms with Crippen LogP contribution in [0, 0.1) is 5.82 Å². The molecule has 0 fully saturated rings. The van der Waals surface area contributed by atoms with Crippen molar-refractivity contribution in [2.24, 2.45) is 0 Å². The van der Waals surface area contributed by atoms with Crippen LogP contribution in [0.3, 0.4) is 0 Å². The number of hydrogen-bond acceptors (Lipinski definition) is 3. The molecule has 0 saturated carbocycles. The number of aromatic nitrogens is 1. The maximum Gasteiger partial charge on any atom is 0.137 e. The molecule has 0 amide bonds. The van der Waals surface area contributed by atoms with Crippen LogP contribution in [0.15, 0.2) is 42.6 Å². The average Bonchev–Trinajstić information content (AvgIpc) is 2.43. The smallest absolute Gasteiger partial charge is 0.137 e. The number of phenols is 1. The Bertz CT molecular complexity index is 820. The van der Waals surface area contributed by atoms with Gasteiger partial charge >= 0.3 is 0 Å². The number of nitrogen functional groups attached to an aromatic ring is 1. The van der Waals surface area contributed by atoms with E-state index in [2.05, 4.69) is 4.98 Å². The van der Waals surface area contributed by atoms with Crippen molar-refractivity contribution in [1.29, 1.82) is 0 Å². The summed E-state index contributed by atoms with van der Waals surface area (Å²) in [7, 11) is 0. The second-order valence-corrected chi connectivity index (χ2v) is 4.79. The molecule has 5 heteroatoms. The minimum atomic E-state index is -0.566. The lowest BCUT2D eigenvalue weighted by Gasteiger charge is -2.09. The van der Waals surface area contributed by atoms with E-state index in [0.717, 1.165) is 11.5 Å². The average molecular weight is 289 g/mol. The zero-order valence-electron chi connectivity index (χ0n) is 10.3. The topological polar surface area (TPSA) is 59.1 Å². The maximum atomic E-state index is 14.1. The van der Waals surface area contributed by atoms with E-state index in [-0.39, 0.29) is 16.3 Å². The Kier molecular flexibility index (Phi) is 2.95. The quantitative estimate of drug-likeness (QED) is 0.712. The normalized spacial score (nSPS) is 10.9. The molecule has 1 aromatic heterocycles. The number of aromatic hydroxyl groups is 1. The molecule has 20 heavy (non-hydrogen) atoms. The second kappa shape index (κ2) is 4.65. The fourth-order valence-electron chi connectivity index (χ4n) is 2.16. The van der Waals surface area contributed by atoms with Crippen molar-refractivity contribution in [1.82, 2.24) is 4.98 Å². The number of fused-ring (bicyclic) bond motifs is 1. The monoisotopic (exact) mass is 288 g/mol. The molecule has 0 aliphatic rings. The van der Waals surface area contributed by atoms with Crippen molar-refractivity contribution in [3.63, 3.8) is 0 Å². The molecule has 100 valence electrons. The Morgan fingerprint density at radius 2 is 1.95 bits per heavy atom. The molecule has 1 heterocycles. The van der Waals surface area contributed by atoms with Gasteiger partial charge in [-0.1, -0.05) is 29.8 Å². The van der Waals surface area contributed by atoms with Gasteiger partial charge in [-0.2, -0.15) is 0 Å². The van der Waals surface area contributed by atoms with Crippen LogP contribution in [0.25, 0.3) is 22.0 Å². The Labute approximate surface area is 119 Å². The van der Waals surface area contributed by atoms with Crippen molar-refractivity contribution < 1.29 is 9.50 Å². The summed E-state index contributed by atoms with van der Waals surface area (Å²) in [4.78, 5) is 4.26. The third-order valence-electron chi connectivity index (χ3n) is 3.13. The van der Waals surface area contributed by atoms with Crippen molar-refractivity contribution in [3.8, 4) is 16.9 Å². The Morgan fingerprint density at radius 3 is 2.75 bits per heavy atom. The van der Waals surface area contributed by atoms with Gasteiger partial charge in [0.05, 0.1) is 10.5 Å². The molecule has 3 nitrogen and oxygen atoms in total. The molecule has 3 N–H and O–H groups in total. The molecule has 0 bridgehead atoms. The first-order chi connectivity index (χ1) is 9.58. The van der Waals surface area contributed by atoms with Gasteiger partial charge in [0.1, 0.15) is 11.6 Å². The van der Waals surface area contributed by atoms with E-state index in [1.54, 1.807) is 24.4 Å². The largest absolute Gasteiger partial charge is 0.506 e. The lowest BCUT2D eigenvalue weighted by molar-refractivity contribution is 0.470. The lowest BCUT2D eigenvalue weighted by Crippen LogP contribution is -1.92. The van der Waals surface area contributed by atoms with Gasteiger partial charge in [0.2, 0.25) is 0 Å². The highest BCUT2D eigenvalue weighted by molar-refractivity contribution is 6.32. The Hall–Kier alpha value is -2.33. The van der Waals surface area contributed by atoms with Gasteiger partial charge < -0.3 is 10.8 Å². The Morgan fingerprint density at radius 1 is 1.15 bits per heavy atom. The van der Waals surface area contributed by atoms with E-state index in [1.165, 1.54) is 6.07 Å². The van der Waals surface area contributed by atoms with Crippen LogP contribution in [-0.4, -0.2) is 10.1 Å². The number of phenolic OH excluding ortho intramolecular Hbond substituents is 1. The summed E-state index contributed by atoms with van der Waals surface area (Å²) >= 11 is 5.86. The zero-order valence-corrected chi connectivity index (χ0v) is 11.0. The standard InChI is InChI=1S/C15H10ClFN2O/c16-11-6-10(12(17)7-14(11)20)8-2-1-3-9-13(18)4-5-19-15(8)9/h1-7,20H,(H2,18,19). The van der Waals surface area contributed by atoms with E-state index in [9.17, 15) is 9.50 Å². The minimum Gasteiger partial charge on any atom is -0.506 e. The summed E-state index contributed by atoms with van der Waals surface area (Å²) in [5.74, 6) is -0.857. The number of pyridine rings is 1. The first-order valence-corrected chi connectivity index (χ1v) is 6.27. The molecule has 0 unspecified atom stereocenters. The number of rotatable bonds is 1. The molecule has 3 aromatic rings. The number of nitrogens with two attached hydrogens (primary N) is 1. The number of para-hydroxylation sites is 1. The SMILES string of the molecule is Nc1ccnc2c(-c3cc(Cl)c(O)cc3F)cccc12. The van der Waals surface area contributed by atoms with Crippen molar-refractivity contribution in [2.45, 2.75) is 0 Å². The van der Waals surface area contributed by atoms with E-state index in [1.807, 2.05) is 6.07 Å². The van der Waals surface area contributed by atoms with Crippen LogP contribution in [-0.2, 0) is 0 Å². The third-order valence-corrected chi connectivity index (χ3v) is 3.43. The summed E-state index contributed by atoms with van der Waals surface area (Å²) in [5, 5.41) is 10.3. The highest BCUT2D eigenvalue weighted by Gasteiger charge is 2.13. The van der Waals surface area contributed by atoms with Crippen molar-refractivity contribution in [3.05, 3.63) is 53.4 Å². The van der Waals surface area contributed by atoms with Gasteiger partial charge in [0.15, 0.2) is 0 Å². The molecular formula is C15H10ClFN2O. The van der Waals surface area contributed by atoms with Crippen LogP contribution in [0.4, 0.5) is 10.1 Å². The predicted molar refractivity (Wildman–Crippen MR) is 78.2 cm³/mol. The fraction of sp³-hybridized carbons (Fsp3) is 0. The van der Waals surface area contributed by atoms with Crippen molar-refractivity contribution >= 4 is 28.2 Å². The van der Waals surface area contributed by atoms with Gasteiger partial charge in [-0.3, -0.25) is 4.98 Å². The molecule has 0 aliphatic heterocycles. The highest BCUT2D eigenvalue weighted by atomic mass is 35.5. The molecule has 0 spiro atoms. The van der Waals surface area contributed by atoms with Crippen LogP contribution >= 0.6 is 11.6 Å². The number of benzene rings is 2. The highest BCUT2D eigenvalue weighted by Crippen LogP contribution is 2.35. The molecule has 2 aromatic carbocycles. The number of halogens is 2. The summed E-state index contributed by atoms with van der Waals surface area (Å²) in [6, 6.07) is 9.39. The van der Waals surface area contributed by atoms with Gasteiger partial charge in [0.25, 0.3) is 0 Å². The predicted octanol–water partition coefficient (Wildman–Crippen LogP) is 3.98. The molecule has 3 rings (SSSR count). The molecule has 0 saturated heterocycles. The summed E-state index contributed by atoms with van der Waals surface area (Å²) in [5.41, 5.74) is 7.91. The zero-order chi connectivity index (χ0) is 14.3. The Balaban J connectivity index is 2.36. The van der Waals surface area contributed by atoms with Gasteiger partial charge in [-0.15, -0.1) is 0 Å². The lowest BCUT2D eigenvalue weighted by atomic mass is 10.0. The first kappa shape index (κ1) is 12.7. The maximum absolute atomic E-state index is 14.1. The molecule has 0 radical (unpaired) electrons. The summed E-state index contributed by atoms with van der Waals surface area (Å²) in [6.45, 7) is 0. The summed E-state index contributed by atoms with van der Waals surface area (Å²) in [6.07, 6.45) is 1.57. The van der Waals surface area contributed by atoms with Gasteiger partial charge in [-0.05, 0) is 12.1 Å². The van der Waals surface area contributed by atoms with Crippen LogP contribution in [0.1, 0.15) is 0 Å².